The number of alkyl halides is 3. The average molecular weight is 529 g/mol. The van der Waals surface area contributed by atoms with Gasteiger partial charge in [0.25, 0.3) is 11.8 Å². The lowest BCUT2D eigenvalue weighted by atomic mass is 9.95. The third kappa shape index (κ3) is 4.61. The van der Waals surface area contributed by atoms with Crippen molar-refractivity contribution < 1.29 is 62.4 Å². The van der Waals surface area contributed by atoms with Gasteiger partial charge in [-0.3, -0.25) is 19.5 Å². The van der Waals surface area contributed by atoms with Gasteiger partial charge in [-0.2, -0.15) is 30.4 Å². The summed E-state index contributed by atoms with van der Waals surface area (Å²) >= 11 is 0. The molecule has 0 bridgehead atoms. The summed E-state index contributed by atoms with van der Waals surface area (Å²) in [5, 5.41) is 2.36. The summed E-state index contributed by atoms with van der Waals surface area (Å²) in [6, 6.07) is 6.57. The number of carbonyl (C=O) groups excluding carboxylic acids is 2. The van der Waals surface area contributed by atoms with Crippen LogP contribution in [0.25, 0.3) is 10.8 Å². The van der Waals surface area contributed by atoms with Crippen molar-refractivity contribution in [2.24, 2.45) is 0 Å². The minimum absolute atomic E-state index is 0.0946. The molecule has 0 spiro atoms. The normalized spacial score (nSPS) is 13.3. The number of hydrogen-bond donors (Lipinski definition) is 2. The summed E-state index contributed by atoms with van der Waals surface area (Å²) in [4.78, 5) is 23.9. The highest BCUT2D eigenvalue weighted by Crippen LogP contribution is 2.38. The largest absolute Gasteiger partial charge is 0.522 e. The molecule has 0 aromatic heterocycles. The molecule has 0 saturated carbocycles. The second-order valence-electron chi connectivity index (χ2n) is 6.54. The van der Waals surface area contributed by atoms with Gasteiger partial charge in [-0.1, -0.05) is 12.1 Å². The Kier molecular flexibility index (Phi) is 6.47. The quantitative estimate of drug-likeness (QED) is 0.125. The van der Waals surface area contributed by atoms with Crippen LogP contribution in [0.2, 0.25) is 0 Å². The Hall–Kier alpha value is -3.79. The summed E-state index contributed by atoms with van der Waals surface area (Å²) < 4.78 is 130. The number of amides is 2. The van der Waals surface area contributed by atoms with E-state index in [9.17, 15) is 44.7 Å². The number of hydrogen-bond acceptors (Lipinski definition) is 5. The Morgan fingerprint density at radius 2 is 1.23 bits per heavy atom. The minimum Gasteiger partial charge on any atom is -0.450 e. The Balaban J connectivity index is 0.000000371. The van der Waals surface area contributed by atoms with Crippen LogP contribution in [0.4, 0.5) is 35.1 Å². The van der Waals surface area contributed by atoms with E-state index in [1.807, 2.05) is 0 Å². The van der Waals surface area contributed by atoms with Gasteiger partial charge >= 0.3 is 15.6 Å². The molecule has 1 aliphatic heterocycles. The van der Waals surface area contributed by atoms with Crippen molar-refractivity contribution in [3.63, 3.8) is 0 Å². The number of halogens is 8. The van der Waals surface area contributed by atoms with Gasteiger partial charge in [0, 0.05) is 21.9 Å². The van der Waals surface area contributed by atoms with E-state index < -0.39 is 62.3 Å². The Labute approximate surface area is 188 Å². The van der Waals surface area contributed by atoms with Crippen molar-refractivity contribution in [3.05, 3.63) is 70.5 Å². The Morgan fingerprint density at radius 1 is 0.771 bits per heavy atom. The van der Waals surface area contributed by atoms with Crippen LogP contribution >= 0.6 is 0 Å². The average Bonchev–Trinajstić information content (AvgIpc) is 2.77. The summed E-state index contributed by atoms with van der Waals surface area (Å²) in [7, 11) is -5.84. The van der Waals surface area contributed by atoms with Crippen LogP contribution in [0.1, 0.15) is 20.7 Å². The molecule has 0 fully saturated rings. The van der Waals surface area contributed by atoms with E-state index in [0.717, 1.165) is 6.07 Å². The van der Waals surface area contributed by atoms with Crippen LogP contribution in [-0.4, -0.2) is 30.3 Å². The van der Waals surface area contributed by atoms with Crippen molar-refractivity contribution in [3.8, 4) is 11.5 Å². The second kappa shape index (κ2) is 8.77. The molecule has 35 heavy (non-hydrogen) atoms. The van der Waals surface area contributed by atoms with E-state index in [0.29, 0.717) is 0 Å². The number of carbonyl (C=O) groups is 2. The zero-order valence-electron chi connectivity index (χ0n) is 16.3. The van der Waals surface area contributed by atoms with Crippen molar-refractivity contribution in [2.45, 2.75) is 5.51 Å². The van der Waals surface area contributed by atoms with E-state index in [2.05, 4.69) is 5.32 Å². The molecule has 2 amide bonds. The molecule has 3 aromatic carbocycles. The van der Waals surface area contributed by atoms with Crippen LogP contribution in [-0.2, 0) is 10.1 Å². The van der Waals surface area contributed by atoms with E-state index >= 15 is 0 Å². The Morgan fingerprint density at radius 3 is 1.71 bits per heavy atom. The van der Waals surface area contributed by atoms with Crippen LogP contribution in [0.5, 0.6) is 11.5 Å². The van der Waals surface area contributed by atoms with E-state index in [1.165, 1.54) is 24.3 Å². The molecule has 186 valence electrons. The molecule has 1 heterocycles. The predicted molar refractivity (Wildman–Crippen MR) is 99.7 cm³/mol. The van der Waals surface area contributed by atoms with Gasteiger partial charge in [-0.15, -0.1) is 0 Å². The maximum Gasteiger partial charge on any atom is 0.522 e. The molecule has 7 nitrogen and oxygen atoms in total. The smallest absolute Gasteiger partial charge is 0.450 e. The van der Waals surface area contributed by atoms with Crippen LogP contribution in [0.3, 0.4) is 0 Å². The number of nitrogens with one attached hydrogen (secondary N) is 1. The lowest BCUT2D eigenvalue weighted by Crippen LogP contribution is -2.34. The fraction of sp³-hybridized carbons (Fsp3) is 0.0526. The first-order valence-electron chi connectivity index (χ1n) is 8.70. The number of imide groups is 1. The molecular weight excluding hydrogens is 522 g/mol. The molecule has 3 aromatic rings. The first-order valence-corrected chi connectivity index (χ1v) is 10.1. The summed E-state index contributed by atoms with van der Waals surface area (Å²) in [5.41, 5.74) is -5.33. The minimum atomic E-state index is -5.84. The fourth-order valence-corrected chi connectivity index (χ4v) is 2.87. The van der Waals surface area contributed by atoms with E-state index in [1.54, 1.807) is 0 Å². The molecule has 0 atom stereocenters. The van der Waals surface area contributed by atoms with Crippen molar-refractivity contribution in [1.82, 2.24) is 5.32 Å². The molecule has 0 aliphatic carbocycles. The lowest BCUT2D eigenvalue weighted by molar-refractivity contribution is -0.0510. The highest BCUT2D eigenvalue weighted by atomic mass is 32.2. The third-order valence-electron chi connectivity index (χ3n) is 4.39. The zero-order chi connectivity index (χ0) is 26.5. The molecule has 0 saturated heterocycles. The van der Waals surface area contributed by atoms with Gasteiger partial charge in [0.15, 0.2) is 0 Å². The highest BCUT2D eigenvalue weighted by Gasteiger charge is 2.44. The van der Waals surface area contributed by atoms with Gasteiger partial charge in [0.05, 0.1) is 0 Å². The van der Waals surface area contributed by atoms with E-state index in [-0.39, 0.29) is 27.6 Å². The fourth-order valence-electron chi connectivity index (χ4n) is 2.87. The topological polar surface area (TPSA) is 110 Å². The molecule has 1 aliphatic rings. The van der Waals surface area contributed by atoms with Crippen LogP contribution in [0, 0.1) is 29.1 Å². The van der Waals surface area contributed by atoms with Crippen molar-refractivity contribution >= 4 is 32.7 Å². The van der Waals surface area contributed by atoms with Gasteiger partial charge < -0.3 is 4.74 Å². The SMILES string of the molecule is O=C1NC(=O)c2ccc(Oc3c(F)c(F)c(F)c(F)c3F)c3cccc1c23.O=S(=O)(O)C(F)(F)F. The van der Waals surface area contributed by atoms with Gasteiger partial charge in [-0.05, 0) is 18.2 Å². The standard InChI is InChI=1S/C18H6F5NO3.CHF3O3S/c19-11-12(20)14(22)16(15(23)13(11)21)27-9-5-4-8-10-6(9)2-1-3-7(10)17(25)24-18(8)26;2-1(3,4)8(5,6)7/h1-5H,(H,24,25,26);(H,5,6,7). The maximum absolute atomic E-state index is 13.9. The summed E-state index contributed by atoms with van der Waals surface area (Å²) in [5.74, 6) is -14.0. The van der Waals surface area contributed by atoms with Crippen molar-refractivity contribution in [1.29, 1.82) is 0 Å². The molecular formula is C19H7F8NO6S. The lowest BCUT2D eigenvalue weighted by Gasteiger charge is -2.19. The van der Waals surface area contributed by atoms with Crippen molar-refractivity contribution in [2.75, 3.05) is 0 Å². The monoisotopic (exact) mass is 529 g/mol. The van der Waals surface area contributed by atoms with E-state index in [4.69, 9.17) is 17.7 Å². The highest BCUT2D eigenvalue weighted by molar-refractivity contribution is 7.86. The maximum atomic E-state index is 13.9. The number of ether oxygens (including phenoxy) is 1. The number of rotatable bonds is 2. The van der Waals surface area contributed by atoms with Gasteiger partial charge in [0.1, 0.15) is 5.75 Å². The van der Waals surface area contributed by atoms with Gasteiger partial charge in [-0.25, -0.2) is 13.2 Å². The zero-order valence-corrected chi connectivity index (χ0v) is 17.1. The number of benzene rings is 3. The molecule has 4 rings (SSSR count). The van der Waals surface area contributed by atoms with Gasteiger partial charge in [0.2, 0.25) is 34.8 Å². The molecule has 0 radical (unpaired) electrons. The molecule has 2 N–H and O–H groups in total. The first-order chi connectivity index (χ1) is 16.1. The van der Waals surface area contributed by atoms with Crippen LogP contribution in [0.15, 0.2) is 30.3 Å². The Bertz CT molecular complexity index is 1450. The predicted octanol–water partition coefficient (Wildman–Crippen LogP) is 4.61. The molecule has 16 heteroatoms. The third-order valence-corrected chi connectivity index (χ3v) is 4.98. The molecule has 0 unspecified atom stereocenters. The summed E-state index contributed by atoms with van der Waals surface area (Å²) in [6.07, 6.45) is 0. The van der Waals surface area contributed by atoms with Crippen LogP contribution < -0.4 is 10.1 Å². The first kappa shape index (κ1) is 25.8. The second-order valence-corrected chi connectivity index (χ2v) is 7.96. The summed E-state index contributed by atoms with van der Waals surface area (Å²) in [6.45, 7) is 0.